The number of hydrogen-bond acceptors (Lipinski definition) is 1. The van der Waals surface area contributed by atoms with E-state index in [0.29, 0.717) is 0 Å². The van der Waals surface area contributed by atoms with Crippen molar-refractivity contribution in [2.75, 3.05) is 0 Å². The zero-order valence-corrected chi connectivity index (χ0v) is 9.92. The maximum atomic E-state index is 11.4. The van der Waals surface area contributed by atoms with Crippen LogP contribution in [0.1, 0.15) is 43.4 Å². The van der Waals surface area contributed by atoms with Crippen molar-refractivity contribution in [2.24, 2.45) is 0 Å². The molecule has 0 amide bonds. The van der Waals surface area contributed by atoms with Crippen molar-refractivity contribution < 1.29 is 9.90 Å². The highest BCUT2D eigenvalue weighted by Gasteiger charge is 2.53. The third kappa shape index (κ3) is 1.53. The summed E-state index contributed by atoms with van der Waals surface area (Å²) >= 11 is 0. The van der Waals surface area contributed by atoms with Crippen molar-refractivity contribution in [2.45, 2.75) is 44.9 Å². The lowest BCUT2D eigenvalue weighted by molar-refractivity contribution is -0.140. The molecule has 0 spiro atoms. The second kappa shape index (κ2) is 3.93. The van der Waals surface area contributed by atoms with Gasteiger partial charge in [0.05, 0.1) is 5.41 Å². The minimum atomic E-state index is -0.650. The zero-order valence-electron chi connectivity index (χ0n) is 9.92. The Labute approximate surface area is 96.3 Å². The van der Waals surface area contributed by atoms with E-state index in [4.69, 9.17) is 0 Å². The summed E-state index contributed by atoms with van der Waals surface area (Å²) in [5, 5.41) is 9.40. The first-order valence-electron chi connectivity index (χ1n) is 6.00. The molecule has 0 aliphatic heterocycles. The quantitative estimate of drug-likeness (QED) is 0.843. The summed E-state index contributed by atoms with van der Waals surface area (Å²) in [6.45, 7) is 4.19. The topological polar surface area (TPSA) is 37.3 Å². The molecule has 16 heavy (non-hydrogen) atoms. The second-order valence-electron chi connectivity index (χ2n) is 4.55. The maximum absolute atomic E-state index is 11.4. The van der Waals surface area contributed by atoms with E-state index in [2.05, 4.69) is 26.0 Å². The fourth-order valence-electron chi connectivity index (χ4n) is 2.55. The Balaban J connectivity index is 2.57. The molecule has 1 N–H and O–H groups in total. The van der Waals surface area contributed by atoms with Gasteiger partial charge in [-0.05, 0) is 42.4 Å². The third-order valence-electron chi connectivity index (χ3n) is 3.64. The molecule has 0 radical (unpaired) electrons. The average molecular weight is 218 g/mol. The lowest BCUT2D eigenvalue weighted by atomic mass is 9.85. The van der Waals surface area contributed by atoms with E-state index in [1.807, 2.05) is 6.07 Å². The molecule has 0 heterocycles. The van der Waals surface area contributed by atoms with Gasteiger partial charge in [0.25, 0.3) is 0 Å². The molecule has 86 valence electrons. The monoisotopic (exact) mass is 218 g/mol. The Morgan fingerprint density at radius 1 is 1.25 bits per heavy atom. The van der Waals surface area contributed by atoms with Crippen LogP contribution in [0.25, 0.3) is 0 Å². The van der Waals surface area contributed by atoms with Crippen LogP contribution in [0.5, 0.6) is 0 Å². The molecule has 1 fully saturated rings. The first kappa shape index (κ1) is 11.2. The summed E-state index contributed by atoms with van der Waals surface area (Å²) in [4.78, 5) is 11.4. The number of carboxylic acid groups (broad SMARTS) is 1. The van der Waals surface area contributed by atoms with Crippen molar-refractivity contribution in [3.63, 3.8) is 0 Å². The summed E-state index contributed by atoms with van der Waals surface area (Å²) in [6, 6.07) is 6.17. The highest BCUT2D eigenvalue weighted by Crippen LogP contribution is 2.51. The summed E-state index contributed by atoms with van der Waals surface area (Å²) in [7, 11) is 0. The van der Waals surface area contributed by atoms with Gasteiger partial charge in [-0.15, -0.1) is 0 Å². The fraction of sp³-hybridized carbons (Fsp3) is 0.500. The molecule has 0 aromatic heterocycles. The predicted octanol–water partition coefficient (Wildman–Crippen LogP) is 2.93. The molecule has 1 aromatic rings. The van der Waals surface area contributed by atoms with Gasteiger partial charge in [-0.3, -0.25) is 4.79 Å². The minimum absolute atomic E-state index is 0.558. The smallest absolute Gasteiger partial charge is 0.314 e. The van der Waals surface area contributed by atoms with E-state index in [0.717, 1.165) is 31.2 Å². The number of rotatable bonds is 4. The van der Waals surface area contributed by atoms with Gasteiger partial charge >= 0.3 is 5.97 Å². The summed E-state index contributed by atoms with van der Waals surface area (Å²) in [6.07, 6.45) is 3.43. The van der Waals surface area contributed by atoms with Crippen molar-refractivity contribution in [1.29, 1.82) is 0 Å². The molecular weight excluding hydrogens is 200 g/mol. The number of carboxylic acids is 1. The predicted molar refractivity (Wildman–Crippen MR) is 63.7 cm³/mol. The number of aliphatic carboxylic acids is 1. The van der Waals surface area contributed by atoms with E-state index in [9.17, 15) is 9.90 Å². The van der Waals surface area contributed by atoms with Crippen LogP contribution in [0.2, 0.25) is 0 Å². The summed E-state index contributed by atoms with van der Waals surface area (Å²) < 4.78 is 0. The molecule has 0 bridgehead atoms. The SMILES string of the molecule is CCc1cccc(CC)c1C1(C(=O)O)CC1. The molecule has 0 atom stereocenters. The Morgan fingerprint density at radius 2 is 1.75 bits per heavy atom. The standard InChI is InChI=1S/C14H18O2/c1-3-10-6-5-7-11(4-2)12(10)14(8-9-14)13(15)16/h5-7H,3-4,8-9H2,1-2H3,(H,15,16). The average Bonchev–Trinajstić information content (AvgIpc) is 3.09. The van der Waals surface area contributed by atoms with Crippen LogP contribution >= 0.6 is 0 Å². The fourth-order valence-corrected chi connectivity index (χ4v) is 2.55. The normalized spacial score (nSPS) is 17.1. The van der Waals surface area contributed by atoms with Gasteiger partial charge in [-0.25, -0.2) is 0 Å². The maximum Gasteiger partial charge on any atom is 0.314 e. The summed E-state index contributed by atoms with van der Waals surface area (Å²) in [5.41, 5.74) is 2.96. The molecule has 1 aliphatic carbocycles. The first-order chi connectivity index (χ1) is 7.65. The van der Waals surface area contributed by atoms with Gasteiger partial charge in [0, 0.05) is 0 Å². The molecule has 1 aliphatic rings. The van der Waals surface area contributed by atoms with Gasteiger partial charge in [-0.2, -0.15) is 0 Å². The first-order valence-corrected chi connectivity index (χ1v) is 6.00. The molecular formula is C14H18O2. The van der Waals surface area contributed by atoms with Gasteiger partial charge < -0.3 is 5.11 Å². The van der Waals surface area contributed by atoms with E-state index < -0.39 is 11.4 Å². The number of carbonyl (C=O) groups is 1. The van der Waals surface area contributed by atoms with Crippen LogP contribution in [-0.4, -0.2) is 11.1 Å². The van der Waals surface area contributed by atoms with Crippen LogP contribution in [0.15, 0.2) is 18.2 Å². The second-order valence-corrected chi connectivity index (χ2v) is 4.55. The lowest BCUT2D eigenvalue weighted by Crippen LogP contribution is -2.23. The van der Waals surface area contributed by atoms with Crippen molar-refractivity contribution in [3.8, 4) is 0 Å². The zero-order chi connectivity index (χ0) is 11.8. The Bertz CT molecular complexity index is 394. The molecule has 2 heteroatoms. The molecule has 2 nitrogen and oxygen atoms in total. The van der Waals surface area contributed by atoms with E-state index in [-0.39, 0.29) is 0 Å². The Hall–Kier alpha value is -1.31. The Kier molecular flexibility index (Phi) is 2.75. The number of aryl methyl sites for hydroxylation is 2. The minimum Gasteiger partial charge on any atom is -0.481 e. The number of hydrogen-bond donors (Lipinski definition) is 1. The van der Waals surface area contributed by atoms with Crippen LogP contribution in [-0.2, 0) is 23.1 Å². The van der Waals surface area contributed by atoms with E-state index in [1.54, 1.807) is 0 Å². The lowest BCUT2D eigenvalue weighted by Gasteiger charge is -2.19. The number of benzene rings is 1. The largest absolute Gasteiger partial charge is 0.481 e. The molecule has 0 unspecified atom stereocenters. The van der Waals surface area contributed by atoms with Crippen LogP contribution in [0.4, 0.5) is 0 Å². The Morgan fingerprint density at radius 3 is 2.06 bits per heavy atom. The van der Waals surface area contributed by atoms with Crippen LogP contribution in [0, 0.1) is 0 Å². The van der Waals surface area contributed by atoms with Crippen molar-refractivity contribution >= 4 is 5.97 Å². The van der Waals surface area contributed by atoms with Crippen LogP contribution < -0.4 is 0 Å². The molecule has 0 saturated heterocycles. The van der Waals surface area contributed by atoms with Crippen molar-refractivity contribution in [1.82, 2.24) is 0 Å². The van der Waals surface area contributed by atoms with E-state index in [1.165, 1.54) is 11.1 Å². The van der Waals surface area contributed by atoms with Gasteiger partial charge in [0.2, 0.25) is 0 Å². The highest BCUT2D eigenvalue weighted by molar-refractivity contribution is 5.86. The highest BCUT2D eigenvalue weighted by atomic mass is 16.4. The van der Waals surface area contributed by atoms with Gasteiger partial charge in [0.1, 0.15) is 0 Å². The molecule has 1 saturated carbocycles. The molecule has 1 aromatic carbocycles. The summed E-state index contributed by atoms with van der Waals surface area (Å²) in [5.74, 6) is -0.650. The van der Waals surface area contributed by atoms with Crippen LogP contribution in [0.3, 0.4) is 0 Å². The van der Waals surface area contributed by atoms with Crippen molar-refractivity contribution in [3.05, 3.63) is 34.9 Å². The van der Waals surface area contributed by atoms with Gasteiger partial charge in [-0.1, -0.05) is 32.0 Å². The molecule has 2 rings (SSSR count). The third-order valence-corrected chi connectivity index (χ3v) is 3.64. The van der Waals surface area contributed by atoms with Gasteiger partial charge in [0.15, 0.2) is 0 Å². The van der Waals surface area contributed by atoms with E-state index >= 15 is 0 Å².